The Morgan fingerprint density at radius 2 is 1.95 bits per heavy atom. The van der Waals surface area contributed by atoms with Gasteiger partial charge >= 0.3 is 12.0 Å². The second kappa shape index (κ2) is 9.92. The summed E-state index contributed by atoms with van der Waals surface area (Å²) in [5, 5.41) is 7.64. The topological polar surface area (TPSA) is 117 Å². The monoisotopic (exact) mass is 322 g/mol. The van der Waals surface area contributed by atoms with Crippen LogP contribution in [0.2, 0.25) is 0 Å². The molecule has 0 saturated carbocycles. The van der Waals surface area contributed by atoms with E-state index in [1.165, 1.54) is 7.11 Å². The van der Waals surface area contributed by atoms with Crippen LogP contribution in [0.3, 0.4) is 0 Å². The summed E-state index contributed by atoms with van der Waals surface area (Å²) in [6.07, 6.45) is 0. The quantitative estimate of drug-likeness (QED) is 0.287. The first-order valence-corrected chi connectivity index (χ1v) is 6.72. The molecule has 0 radical (unpaired) electrons. The van der Waals surface area contributed by atoms with E-state index in [2.05, 4.69) is 20.7 Å². The number of halogens is 1. The number of methoxy groups -OCH3 is 1. The number of hydrogen-bond donors (Lipinski definition) is 2. The summed E-state index contributed by atoms with van der Waals surface area (Å²) in [7, 11) is 1.21. The molecule has 0 aliphatic heterocycles. The number of ether oxygens (including phenoxy) is 1. The van der Waals surface area contributed by atoms with Crippen molar-refractivity contribution >= 4 is 29.5 Å². The van der Waals surface area contributed by atoms with Crippen LogP contribution in [0, 0.1) is 10.8 Å². The first-order valence-electron chi connectivity index (χ1n) is 6.19. The van der Waals surface area contributed by atoms with Crippen LogP contribution >= 0.6 is 11.6 Å². The van der Waals surface area contributed by atoms with Crippen molar-refractivity contribution in [2.75, 3.05) is 26.1 Å². The normalized spacial score (nSPS) is 11.5. The Balaban J connectivity index is 4.39. The van der Waals surface area contributed by atoms with Crippen LogP contribution in [0.25, 0.3) is 0 Å². The van der Waals surface area contributed by atoms with Gasteiger partial charge in [-0.05, 0) is 5.92 Å². The molecule has 0 aromatic rings. The Morgan fingerprint density at radius 3 is 2.38 bits per heavy atom. The smallest absolute Gasteiger partial charge is 0.340 e. The van der Waals surface area contributed by atoms with Crippen LogP contribution in [0.4, 0.5) is 4.79 Å². The van der Waals surface area contributed by atoms with Crippen LogP contribution in [0.15, 0.2) is 5.29 Å². The second-order valence-electron chi connectivity index (χ2n) is 4.36. The number of nitrogens with one attached hydrogen (secondary N) is 2. The minimum absolute atomic E-state index is 0.0309. The lowest BCUT2D eigenvalue weighted by Crippen LogP contribution is -2.49. The highest BCUT2D eigenvalue weighted by molar-refractivity contribution is 6.18. The Bertz CT molecular complexity index is 391. The Labute approximate surface area is 127 Å². The minimum atomic E-state index is -0.847. The van der Waals surface area contributed by atoms with E-state index in [1.807, 2.05) is 0 Å². The van der Waals surface area contributed by atoms with Crippen molar-refractivity contribution in [1.82, 2.24) is 15.6 Å². The van der Waals surface area contributed by atoms with E-state index in [4.69, 9.17) is 11.6 Å². The third kappa shape index (κ3) is 6.89. The van der Waals surface area contributed by atoms with Gasteiger partial charge in [-0.1, -0.05) is 13.8 Å². The Morgan fingerprint density at radius 1 is 1.33 bits per heavy atom. The molecule has 0 saturated heterocycles. The Kier molecular flexibility index (Phi) is 9.02. The van der Waals surface area contributed by atoms with Gasteiger partial charge in [0.1, 0.15) is 6.04 Å². The van der Waals surface area contributed by atoms with E-state index in [0.717, 1.165) is 0 Å². The lowest BCUT2D eigenvalue weighted by molar-refractivity contribution is -0.146. The number of carbonyl (C=O) groups is 3. The predicted molar refractivity (Wildman–Crippen MR) is 75.4 cm³/mol. The summed E-state index contributed by atoms with van der Waals surface area (Å²) < 4.78 is 4.57. The summed E-state index contributed by atoms with van der Waals surface area (Å²) >= 11 is 5.39. The molecular weight excluding hydrogens is 304 g/mol. The zero-order valence-corrected chi connectivity index (χ0v) is 12.8. The molecule has 0 unspecified atom stereocenters. The second-order valence-corrected chi connectivity index (χ2v) is 4.74. The fourth-order valence-corrected chi connectivity index (χ4v) is 1.52. The molecule has 0 spiro atoms. The average molecular weight is 323 g/mol. The molecule has 0 rings (SSSR count). The van der Waals surface area contributed by atoms with Crippen molar-refractivity contribution in [1.29, 1.82) is 0 Å². The first kappa shape index (κ1) is 19.1. The van der Waals surface area contributed by atoms with Crippen LogP contribution in [0.1, 0.15) is 13.8 Å². The number of carbonyl (C=O) groups excluding carboxylic acids is 3. The molecule has 10 heteroatoms. The summed E-state index contributed by atoms with van der Waals surface area (Å²) in [6, 6.07) is -1.66. The number of alkyl halides is 1. The van der Waals surface area contributed by atoms with Crippen molar-refractivity contribution in [2.45, 2.75) is 19.9 Å². The van der Waals surface area contributed by atoms with E-state index in [-0.39, 0.29) is 18.3 Å². The van der Waals surface area contributed by atoms with E-state index in [1.54, 1.807) is 13.8 Å². The third-order valence-electron chi connectivity index (χ3n) is 2.47. The van der Waals surface area contributed by atoms with Gasteiger partial charge in [0.25, 0.3) is 0 Å². The summed E-state index contributed by atoms with van der Waals surface area (Å²) in [5.74, 6) is -1.32. The lowest BCUT2D eigenvalue weighted by atomic mass is 10.0. The molecule has 120 valence electrons. The van der Waals surface area contributed by atoms with Gasteiger partial charge < -0.3 is 15.4 Å². The number of nitrogens with zero attached hydrogens (tertiary/aromatic N) is 2. The maximum Gasteiger partial charge on any atom is 0.340 e. The molecule has 1 atom stereocenters. The number of urea groups is 1. The van der Waals surface area contributed by atoms with E-state index >= 15 is 0 Å². The molecule has 0 aliphatic rings. The fraction of sp³-hybridized carbons (Fsp3) is 0.727. The highest BCUT2D eigenvalue weighted by Crippen LogP contribution is 2.03. The van der Waals surface area contributed by atoms with Gasteiger partial charge in [-0.2, -0.15) is 5.01 Å². The Hall–Kier alpha value is -1.90. The highest BCUT2D eigenvalue weighted by atomic mass is 35.5. The molecule has 0 aromatic heterocycles. The number of esters is 1. The highest BCUT2D eigenvalue weighted by Gasteiger charge is 2.25. The number of hydrogen-bond acceptors (Lipinski definition) is 6. The van der Waals surface area contributed by atoms with Crippen LogP contribution in [-0.2, 0) is 14.3 Å². The molecule has 3 amide bonds. The number of nitroso groups, excluding NO2 is 1. The number of rotatable bonds is 8. The largest absolute Gasteiger partial charge is 0.467 e. The summed E-state index contributed by atoms with van der Waals surface area (Å²) in [5.41, 5.74) is 0. The van der Waals surface area contributed by atoms with Crippen LogP contribution in [-0.4, -0.2) is 55.0 Å². The maximum absolute atomic E-state index is 11.7. The standard InChI is InChI=1S/C11H19ClN4O5/c1-7(2)9(10(18)21-3)14-8(17)6-13-11(19)16(15-20)5-4-12/h7,9H,4-6H2,1-3H3,(H,13,19)(H,14,17)/t9-/m0/s1. The average Bonchev–Trinajstić information content (AvgIpc) is 2.46. The third-order valence-corrected chi connectivity index (χ3v) is 2.64. The van der Waals surface area contributed by atoms with Gasteiger partial charge in [0.05, 0.1) is 25.5 Å². The van der Waals surface area contributed by atoms with Gasteiger partial charge in [-0.15, -0.1) is 16.5 Å². The zero-order chi connectivity index (χ0) is 16.4. The van der Waals surface area contributed by atoms with Gasteiger partial charge in [-0.25, -0.2) is 9.59 Å². The predicted octanol–water partition coefficient (Wildman–Crippen LogP) is 0.232. The SMILES string of the molecule is COC(=O)[C@@H](NC(=O)CNC(=O)N(CCCl)N=O)C(C)C. The van der Waals surface area contributed by atoms with Crippen molar-refractivity contribution in [3.63, 3.8) is 0 Å². The first-order chi connectivity index (χ1) is 9.87. The van der Waals surface area contributed by atoms with Crippen molar-refractivity contribution in [3.8, 4) is 0 Å². The maximum atomic E-state index is 11.7. The minimum Gasteiger partial charge on any atom is -0.467 e. The lowest BCUT2D eigenvalue weighted by Gasteiger charge is -2.20. The fourth-order valence-electron chi connectivity index (χ4n) is 1.36. The molecule has 0 fully saturated rings. The molecule has 0 bridgehead atoms. The van der Waals surface area contributed by atoms with Crippen LogP contribution in [0.5, 0.6) is 0 Å². The van der Waals surface area contributed by atoms with Crippen molar-refractivity contribution < 1.29 is 19.1 Å². The van der Waals surface area contributed by atoms with Gasteiger partial charge in [0.15, 0.2) is 0 Å². The zero-order valence-electron chi connectivity index (χ0n) is 12.1. The van der Waals surface area contributed by atoms with E-state index in [0.29, 0.717) is 5.01 Å². The summed E-state index contributed by atoms with van der Waals surface area (Å²) in [6.45, 7) is 2.99. The molecule has 0 aliphatic carbocycles. The van der Waals surface area contributed by atoms with Gasteiger partial charge in [0, 0.05) is 5.88 Å². The van der Waals surface area contributed by atoms with Gasteiger partial charge in [-0.3, -0.25) is 4.79 Å². The van der Waals surface area contributed by atoms with Crippen LogP contribution < -0.4 is 10.6 Å². The van der Waals surface area contributed by atoms with Gasteiger partial charge in [0.2, 0.25) is 5.91 Å². The number of amides is 3. The summed E-state index contributed by atoms with van der Waals surface area (Å²) in [4.78, 5) is 45.0. The van der Waals surface area contributed by atoms with Crippen molar-refractivity contribution in [3.05, 3.63) is 4.91 Å². The van der Waals surface area contributed by atoms with Crippen molar-refractivity contribution in [2.24, 2.45) is 11.2 Å². The van der Waals surface area contributed by atoms with E-state index in [9.17, 15) is 19.3 Å². The van der Waals surface area contributed by atoms with E-state index < -0.39 is 30.5 Å². The molecule has 2 N–H and O–H groups in total. The molecule has 0 heterocycles. The molecule has 0 aromatic carbocycles. The molecule has 21 heavy (non-hydrogen) atoms. The molecular formula is C11H19ClN4O5. The molecule has 9 nitrogen and oxygen atoms in total.